The van der Waals surface area contributed by atoms with Gasteiger partial charge in [0.15, 0.2) is 5.82 Å². The van der Waals surface area contributed by atoms with Gasteiger partial charge < -0.3 is 21.1 Å². The Balaban J connectivity index is 1.82. The van der Waals surface area contributed by atoms with E-state index in [-0.39, 0.29) is 17.8 Å². The molecule has 20 heavy (non-hydrogen) atoms. The van der Waals surface area contributed by atoms with Crippen molar-refractivity contribution in [2.24, 2.45) is 5.92 Å². The minimum atomic E-state index is -0.187. The van der Waals surface area contributed by atoms with E-state index in [1.54, 1.807) is 0 Å². The minimum Gasteiger partial charge on any atom is -0.382 e. The maximum absolute atomic E-state index is 12.0. The Kier molecular flexibility index (Phi) is 5.19. The first-order valence-electron chi connectivity index (χ1n) is 6.95. The van der Waals surface area contributed by atoms with Crippen LogP contribution in [-0.2, 0) is 4.74 Å². The number of carbonyl (C=O) groups is 1. The average molecular weight is 298 g/mol. The van der Waals surface area contributed by atoms with Crippen LogP contribution in [0.15, 0.2) is 0 Å². The lowest BCUT2D eigenvalue weighted by atomic mass is 10.2. The summed E-state index contributed by atoms with van der Waals surface area (Å²) in [5.41, 5.74) is 6.20. The van der Waals surface area contributed by atoms with Gasteiger partial charge >= 0.3 is 0 Å². The number of hydrogen-bond acceptors (Lipinski definition) is 6. The van der Waals surface area contributed by atoms with Crippen LogP contribution in [0.2, 0.25) is 0 Å². The van der Waals surface area contributed by atoms with Crippen molar-refractivity contribution in [3.8, 4) is 0 Å². The van der Waals surface area contributed by atoms with Crippen molar-refractivity contribution < 1.29 is 9.53 Å². The van der Waals surface area contributed by atoms with E-state index >= 15 is 0 Å². The van der Waals surface area contributed by atoms with Crippen molar-refractivity contribution >= 4 is 28.3 Å². The van der Waals surface area contributed by atoms with Crippen molar-refractivity contribution in [1.82, 2.24) is 9.69 Å². The van der Waals surface area contributed by atoms with Gasteiger partial charge in [-0.05, 0) is 44.1 Å². The van der Waals surface area contributed by atoms with Gasteiger partial charge in [-0.15, -0.1) is 0 Å². The van der Waals surface area contributed by atoms with E-state index < -0.39 is 0 Å². The molecule has 1 heterocycles. The Morgan fingerprint density at radius 3 is 2.95 bits per heavy atom. The summed E-state index contributed by atoms with van der Waals surface area (Å²) in [6, 6.07) is 0.0662. The van der Waals surface area contributed by atoms with E-state index in [2.05, 4.69) is 15.0 Å². The third kappa shape index (κ3) is 4.35. The van der Waals surface area contributed by atoms with Crippen LogP contribution in [-0.4, -0.2) is 36.1 Å². The molecule has 1 aromatic rings. The highest BCUT2D eigenvalue weighted by atomic mass is 32.1. The second-order valence-electron chi connectivity index (χ2n) is 5.35. The maximum Gasteiger partial charge on any atom is 0.258 e. The van der Waals surface area contributed by atoms with Gasteiger partial charge in [0.05, 0.1) is 6.61 Å². The molecule has 7 heteroatoms. The number of nitrogens with two attached hydrogens (primary N) is 1. The molecule has 1 amide bonds. The van der Waals surface area contributed by atoms with Gasteiger partial charge in [0, 0.05) is 19.2 Å². The van der Waals surface area contributed by atoms with E-state index in [1.165, 1.54) is 24.4 Å². The Labute approximate surface area is 123 Å². The van der Waals surface area contributed by atoms with Crippen molar-refractivity contribution in [3.05, 3.63) is 5.56 Å². The molecular weight excluding hydrogens is 276 g/mol. The van der Waals surface area contributed by atoms with Crippen molar-refractivity contribution in [2.45, 2.75) is 32.7 Å². The summed E-state index contributed by atoms with van der Waals surface area (Å²) >= 11 is 1.21. The number of ether oxygens (including phenoxy) is 1. The molecular formula is C13H22N4O2S. The highest BCUT2D eigenvalue weighted by molar-refractivity contribution is 7.11. The zero-order valence-electron chi connectivity index (χ0n) is 11.9. The fraction of sp³-hybridized carbons (Fsp3) is 0.692. The van der Waals surface area contributed by atoms with E-state index in [4.69, 9.17) is 10.5 Å². The number of nitrogen functional groups attached to an aromatic ring is 1. The minimum absolute atomic E-state index is 0.0662. The predicted octanol–water partition coefficient (Wildman–Crippen LogP) is 1.70. The lowest BCUT2D eigenvalue weighted by Crippen LogP contribution is -2.31. The SMILES string of the molecule is CC(C)NC(=O)c1c(N)nsc1NCCOCC1CC1. The third-order valence-electron chi connectivity index (χ3n) is 2.95. The smallest absolute Gasteiger partial charge is 0.258 e. The Morgan fingerprint density at radius 2 is 2.30 bits per heavy atom. The van der Waals surface area contributed by atoms with Gasteiger partial charge in [0.2, 0.25) is 0 Å². The molecule has 2 rings (SSSR count). The standard InChI is InChI=1S/C13H22N4O2S/c1-8(2)16-12(18)10-11(14)17-20-13(10)15-5-6-19-7-9-3-4-9/h8-9,15H,3-7H2,1-2H3,(H2,14,17)(H,16,18). The topological polar surface area (TPSA) is 89.3 Å². The maximum atomic E-state index is 12.0. The fourth-order valence-electron chi connectivity index (χ4n) is 1.75. The number of rotatable bonds is 8. The molecule has 1 saturated carbocycles. The molecule has 4 N–H and O–H groups in total. The van der Waals surface area contributed by atoms with Crippen LogP contribution in [0.25, 0.3) is 0 Å². The fourth-order valence-corrected chi connectivity index (χ4v) is 2.48. The summed E-state index contributed by atoms with van der Waals surface area (Å²) in [6.45, 7) is 5.93. The normalized spacial score (nSPS) is 14.6. The molecule has 1 aromatic heterocycles. The highest BCUT2D eigenvalue weighted by Gasteiger charge is 2.21. The number of amides is 1. The second-order valence-corrected chi connectivity index (χ2v) is 6.12. The van der Waals surface area contributed by atoms with Gasteiger partial charge in [0.25, 0.3) is 5.91 Å². The molecule has 0 saturated heterocycles. The van der Waals surface area contributed by atoms with Crippen LogP contribution in [0, 0.1) is 5.92 Å². The molecule has 1 fully saturated rings. The van der Waals surface area contributed by atoms with Crippen molar-refractivity contribution in [3.63, 3.8) is 0 Å². The summed E-state index contributed by atoms with van der Waals surface area (Å²) in [4.78, 5) is 12.0. The largest absolute Gasteiger partial charge is 0.382 e. The Bertz CT molecular complexity index is 457. The van der Waals surface area contributed by atoms with Gasteiger partial charge in [-0.25, -0.2) is 0 Å². The molecule has 0 unspecified atom stereocenters. The Morgan fingerprint density at radius 1 is 1.55 bits per heavy atom. The van der Waals surface area contributed by atoms with Crippen LogP contribution >= 0.6 is 11.5 Å². The number of nitrogens with one attached hydrogen (secondary N) is 2. The van der Waals surface area contributed by atoms with Crippen LogP contribution in [0.5, 0.6) is 0 Å². The van der Waals surface area contributed by atoms with Gasteiger partial charge in [0.1, 0.15) is 10.6 Å². The molecule has 0 aromatic carbocycles. The first-order valence-corrected chi connectivity index (χ1v) is 7.73. The zero-order valence-corrected chi connectivity index (χ0v) is 12.8. The molecule has 0 bridgehead atoms. The summed E-state index contributed by atoms with van der Waals surface area (Å²) in [6.07, 6.45) is 2.58. The summed E-state index contributed by atoms with van der Waals surface area (Å²) in [5, 5.41) is 6.70. The van der Waals surface area contributed by atoms with Crippen LogP contribution in [0.4, 0.5) is 10.8 Å². The predicted molar refractivity (Wildman–Crippen MR) is 81.2 cm³/mol. The summed E-state index contributed by atoms with van der Waals surface area (Å²) in [7, 11) is 0. The molecule has 0 aliphatic heterocycles. The molecule has 1 aliphatic carbocycles. The van der Waals surface area contributed by atoms with Crippen LogP contribution in [0.3, 0.4) is 0 Å². The Hall–Kier alpha value is -1.34. The first-order chi connectivity index (χ1) is 9.58. The molecule has 0 spiro atoms. The van der Waals surface area contributed by atoms with Crippen LogP contribution < -0.4 is 16.4 Å². The number of hydrogen-bond donors (Lipinski definition) is 3. The number of aromatic nitrogens is 1. The molecule has 112 valence electrons. The lowest BCUT2D eigenvalue weighted by Gasteiger charge is -2.10. The van der Waals surface area contributed by atoms with E-state index in [0.717, 1.165) is 12.5 Å². The van der Waals surface area contributed by atoms with E-state index in [1.807, 2.05) is 13.8 Å². The van der Waals surface area contributed by atoms with Crippen molar-refractivity contribution in [2.75, 3.05) is 30.8 Å². The van der Waals surface area contributed by atoms with Gasteiger partial charge in [-0.3, -0.25) is 4.79 Å². The zero-order chi connectivity index (χ0) is 14.5. The highest BCUT2D eigenvalue weighted by Crippen LogP contribution is 2.29. The van der Waals surface area contributed by atoms with E-state index in [9.17, 15) is 4.79 Å². The quantitative estimate of drug-likeness (QED) is 0.636. The molecule has 0 atom stereocenters. The molecule has 1 aliphatic rings. The summed E-state index contributed by atoms with van der Waals surface area (Å²) < 4.78 is 9.58. The van der Waals surface area contributed by atoms with Crippen molar-refractivity contribution in [1.29, 1.82) is 0 Å². The monoisotopic (exact) mass is 298 g/mol. The van der Waals surface area contributed by atoms with Gasteiger partial charge in [-0.1, -0.05) is 0 Å². The third-order valence-corrected chi connectivity index (χ3v) is 3.77. The number of carbonyl (C=O) groups excluding carboxylic acids is 1. The lowest BCUT2D eigenvalue weighted by molar-refractivity contribution is 0.0945. The number of anilines is 2. The first kappa shape index (κ1) is 15.1. The summed E-state index contributed by atoms with van der Waals surface area (Å²) in [5.74, 6) is 0.851. The second kappa shape index (κ2) is 6.90. The van der Waals surface area contributed by atoms with Crippen LogP contribution in [0.1, 0.15) is 37.0 Å². The molecule has 6 nitrogen and oxygen atoms in total. The van der Waals surface area contributed by atoms with E-state index in [0.29, 0.717) is 23.7 Å². The number of nitrogens with zero attached hydrogens (tertiary/aromatic N) is 1. The van der Waals surface area contributed by atoms with Gasteiger partial charge in [-0.2, -0.15) is 4.37 Å². The molecule has 0 radical (unpaired) electrons. The average Bonchev–Trinajstić information content (AvgIpc) is 3.11.